The minimum Gasteiger partial charge on any atom is -0.349 e. The number of nitrogens with zero attached hydrogens (tertiary/aromatic N) is 1. The number of rotatable bonds is 3. The van der Waals surface area contributed by atoms with Crippen LogP contribution in [0.3, 0.4) is 0 Å². The average molecular weight is 269 g/mol. The molecule has 82 valence electrons. The lowest BCUT2D eigenvalue weighted by atomic mass is 9.85. The van der Waals surface area contributed by atoms with E-state index in [1.807, 2.05) is 12.4 Å². The third-order valence-electron chi connectivity index (χ3n) is 4.20. The summed E-state index contributed by atoms with van der Waals surface area (Å²) in [6, 6.07) is 0. The molecule has 4 atom stereocenters. The molecule has 0 amide bonds. The Kier molecular flexibility index (Phi) is 2.59. The number of fused-ring (bicyclic) bond motifs is 2. The van der Waals surface area contributed by atoms with Gasteiger partial charge in [-0.25, -0.2) is 4.98 Å². The van der Waals surface area contributed by atoms with Gasteiger partial charge in [0.15, 0.2) is 0 Å². The molecule has 0 radical (unpaired) electrons. The van der Waals surface area contributed by atoms with Gasteiger partial charge in [0.25, 0.3) is 0 Å². The summed E-state index contributed by atoms with van der Waals surface area (Å²) in [4.78, 5) is 8.12. The lowest BCUT2D eigenvalue weighted by molar-refractivity contribution is 0.324. The predicted molar refractivity (Wildman–Crippen MR) is 63.9 cm³/mol. The first-order valence-corrected chi connectivity index (χ1v) is 6.87. The van der Waals surface area contributed by atoms with E-state index in [0.717, 1.165) is 30.0 Å². The van der Waals surface area contributed by atoms with Crippen LogP contribution in [0.25, 0.3) is 0 Å². The number of hydrogen-bond donors (Lipinski definition) is 1. The van der Waals surface area contributed by atoms with Crippen LogP contribution in [0.4, 0.5) is 0 Å². The largest absolute Gasteiger partial charge is 0.349 e. The Labute approximate surface area is 99.0 Å². The summed E-state index contributed by atoms with van der Waals surface area (Å²) in [7, 11) is 0. The highest BCUT2D eigenvalue weighted by Crippen LogP contribution is 2.51. The van der Waals surface area contributed by atoms with E-state index < -0.39 is 0 Å². The van der Waals surface area contributed by atoms with Crippen LogP contribution in [-0.4, -0.2) is 14.8 Å². The van der Waals surface area contributed by atoms with E-state index in [0.29, 0.717) is 4.83 Å². The smallest absolute Gasteiger partial charge is 0.107 e. The zero-order valence-electron chi connectivity index (χ0n) is 8.82. The molecule has 3 rings (SSSR count). The number of hydrogen-bond acceptors (Lipinski definition) is 1. The molecule has 2 aliphatic carbocycles. The lowest BCUT2D eigenvalue weighted by Gasteiger charge is -2.26. The van der Waals surface area contributed by atoms with Crippen molar-refractivity contribution in [2.75, 3.05) is 0 Å². The quantitative estimate of drug-likeness (QED) is 0.839. The Bertz CT molecular complexity index is 322. The van der Waals surface area contributed by atoms with Crippen molar-refractivity contribution in [3.05, 3.63) is 18.2 Å². The molecule has 0 spiro atoms. The van der Waals surface area contributed by atoms with E-state index in [1.165, 1.54) is 25.7 Å². The van der Waals surface area contributed by atoms with E-state index in [1.54, 1.807) is 0 Å². The number of nitrogens with one attached hydrogen (secondary N) is 1. The molecule has 2 fully saturated rings. The maximum atomic E-state index is 4.30. The number of aromatic nitrogens is 2. The second-order valence-corrected chi connectivity index (χ2v) is 6.27. The predicted octanol–water partition coefficient (Wildman–Crippen LogP) is 3.15. The minimum atomic E-state index is 0.624. The molecule has 0 aromatic carbocycles. The first kappa shape index (κ1) is 9.88. The summed E-state index contributed by atoms with van der Waals surface area (Å²) in [5, 5.41) is 0. The third-order valence-corrected chi connectivity index (χ3v) is 5.20. The Morgan fingerprint density at radius 1 is 1.47 bits per heavy atom. The summed E-state index contributed by atoms with van der Waals surface area (Å²) < 4.78 is 0. The van der Waals surface area contributed by atoms with E-state index >= 15 is 0 Å². The summed E-state index contributed by atoms with van der Waals surface area (Å²) >= 11 is 3.87. The molecule has 0 saturated heterocycles. The van der Waals surface area contributed by atoms with Crippen LogP contribution in [0, 0.1) is 17.8 Å². The molecule has 3 heteroatoms. The lowest BCUT2D eigenvalue weighted by Crippen LogP contribution is -2.23. The second-order valence-electron chi connectivity index (χ2n) is 5.09. The van der Waals surface area contributed by atoms with Crippen molar-refractivity contribution < 1.29 is 0 Å². The molecule has 1 aromatic heterocycles. The monoisotopic (exact) mass is 268 g/mol. The van der Waals surface area contributed by atoms with E-state index in [9.17, 15) is 0 Å². The summed E-state index contributed by atoms with van der Waals surface area (Å²) in [6.45, 7) is 0. The van der Waals surface area contributed by atoms with E-state index in [2.05, 4.69) is 25.9 Å². The zero-order chi connectivity index (χ0) is 10.3. The van der Waals surface area contributed by atoms with Gasteiger partial charge in [-0.05, 0) is 37.0 Å². The molecule has 2 aliphatic rings. The molecule has 2 saturated carbocycles. The highest BCUT2D eigenvalue weighted by Gasteiger charge is 2.42. The Morgan fingerprint density at radius 2 is 2.40 bits per heavy atom. The van der Waals surface area contributed by atoms with Crippen LogP contribution in [0.1, 0.15) is 31.5 Å². The molecule has 4 unspecified atom stereocenters. The minimum absolute atomic E-state index is 0.624. The van der Waals surface area contributed by atoms with Crippen molar-refractivity contribution >= 4 is 15.9 Å². The second kappa shape index (κ2) is 3.93. The molecule has 2 bridgehead atoms. The van der Waals surface area contributed by atoms with Crippen LogP contribution >= 0.6 is 15.9 Å². The van der Waals surface area contributed by atoms with E-state index in [4.69, 9.17) is 0 Å². The molecule has 2 nitrogen and oxygen atoms in total. The molecule has 1 heterocycles. The fourth-order valence-electron chi connectivity index (χ4n) is 3.48. The number of alkyl halides is 1. The number of imidazole rings is 1. The standard InChI is InChI=1S/C12H17BrN2/c13-11(7-12-14-3-4-15-12)10-6-8-1-2-9(10)5-8/h3-4,8-11H,1-2,5-7H2,(H,14,15). The van der Waals surface area contributed by atoms with Crippen molar-refractivity contribution in [3.63, 3.8) is 0 Å². The van der Waals surface area contributed by atoms with E-state index in [-0.39, 0.29) is 0 Å². The summed E-state index contributed by atoms with van der Waals surface area (Å²) in [5.74, 6) is 4.06. The molecule has 15 heavy (non-hydrogen) atoms. The van der Waals surface area contributed by atoms with Crippen LogP contribution in [0.15, 0.2) is 12.4 Å². The molecular formula is C12H17BrN2. The highest BCUT2D eigenvalue weighted by atomic mass is 79.9. The van der Waals surface area contributed by atoms with Gasteiger partial charge < -0.3 is 4.98 Å². The average Bonchev–Trinajstić information content (AvgIpc) is 2.93. The van der Waals surface area contributed by atoms with Gasteiger partial charge in [0.05, 0.1) is 0 Å². The van der Waals surface area contributed by atoms with Gasteiger partial charge >= 0.3 is 0 Å². The van der Waals surface area contributed by atoms with Crippen LogP contribution < -0.4 is 0 Å². The molecular weight excluding hydrogens is 252 g/mol. The topological polar surface area (TPSA) is 28.7 Å². The highest BCUT2D eigenvalue weighted by molar-refractivity contribution is 9.09. The number of halogens is 1. The van der Waals surface area contributed by atoms with Crippen LogP contribution in [0.5, 0.6) is 0 Å². The summed E-state index contributed by atoms with van der Waals surface area (Å²) in [6.07, 6.45) is 10.7. The van der Waals surface area contributed by atoms with Gasteiger partial charge in [0.1, 0.15) is 5.82 Å². The third kappa shape index (κ3) is 1.86. The Balaban J connectivity index is 1.63. The Morgan fingerprint density at radius 3 is 3.00 bits per heavy atom. The van der Waals surface area contributed by atoms with Crippen LogP contribution in [-0.2, 0) is 6.42 Å². The van der Waals surface area contributed by atoms with Gasteiger partial charge in [-0.15, -0.1) is 0 Å². The van der Waals surface area contributed by atoms with Crippen molar-refractivity contribution in [1.29, 1.82) is 0 Å². The first-order valence-electron chi connectivity index (χ1n) is 5.95. The number of aromatic amines is 1. The first-order chi connectivity index (χ1) is 7.33. The normalized spacial score (nSPS) is 35.9. The SMILES string of the molecule is BrC(Cc1ncc[nH]1)C1CC2CCC1C2. The van der Waals surface area contributed by atoms with Crippen LogP contribution in [0.2, 0.25) is 0 Å². The van der Waals surface area contributed by atoms with Crippen molar-refractivity contribution in [2.24, 2.45) is 17.8 Å². The maximum Gasteiger partial charge on any atom is 0.107 e. The Hall–Kier alpha value is -0.310. The molecule has 0 aliphatic heterocycles. The maximum absolute atomic E-state index is 4.30. The summed E-state index contributed by atoms with van der Waals surface area (Å²) in [5.41, 5.74) is 0. The van der Waals surface area contributed by atoms with Crippen molar-refractivity contribution in [1.82, 2.24) is 9.97 Å². The number of H-pyrrole nitrogens is 1. The van der Waals surface area contributed by atoms with Crippen molar-refractivity contribution in [3.8, 4) is 0 Å². The van der Waals surface area contributed by atoms with Crippen molar-refractivity contribution in [2.45, 2.75) is 36.9 Å². The fourth-order valence-corrected chi connectivity index (χ4v) is 4.44. The fraction of sp³-hybridized carbons (Fsp3) is 0.750. The zero-order valence-corrected chi connectivity index (χ0v) is 10.4. The van der Waals surface area contributed by atoms with Gasteiger partial charge in [-0.2, -0.15) is 0 Å². The molecule has 1 aromatic rings. The van der Waals surface area contributed by atoms with Gasteiger partial charge in [0.2, 0.25) is 0 Å². The van der Waals surface area contributed by atoms with Gasteiger partial charge in [-0.1, -0.05) is 22.4 Å². The molecule has 1 N–H and O–H groups in total. The van der Waals surface area contributed by atoms with Gasteiger partial charge in [0, 0.05) is 23.6 Å². The van der Waals surface area contributed by atoms with Gasteiger partial charge in [-0.3, -0.25) is 0 Å².